The summed E-state index contributed by atoms with van der Waals surface area (Å²) in [5, 5.41) is 4.69. The lowest BCUT2D eigenvalue weighted by Gasteiger charge is -2.34. The van der Waals surface area contributed by atoms with Gasteiger partial charge in [0.1, 0.15) is 0 Å². The van der Waals surface area contributed by atoms with Crippen LogP contribution in [0, 0.1) is 11.8 Å². The molecule has 0 amide bonds. The van der Waals surface area contributed by atoms with Crippen LogP contribution in [0.4, 0.5) is 5.13 Å². The van der Waals surface area contributed by atoms with E-state index in [0.29, 0.717) is 6.04 Å². The number of thiazole rings is 1. The average Bonchev–Trinajstić information content (AvgIpc) is 2.81. The Bertz CT molecular complexity index is 433. The van der Waals surface area contributed by atoms with Crippen molar-refractivity contribution in [2.75, 3.05) is 25.0 Å². The highest BCUT2D eigenvalue weighted by atomic mass is 32.1. The van der Waals surface area contributed by atoms with Gasteiger partial charge in [-0.3, -0.25) is 0 Å². The minimum Gasteiger partial charge on any atom is -0.348 e. The van der Waals surface area contributed by atoms with Crippen LogP contribution in [0.2, 0.25) is 0 Å². The van der Waals surface area contributed by atoms with Crippen molar-refractivity contribution in [3.8, 4) is 0 Å². The van der Waals surface area contributed by atoms with E-state index in [0.717, 1.165) is 11.8 Å². The van der Waals surface area contributed by atoms with Crippen LogP contribution in [0.25, 0.3) is 0 Å². The molecule has 2 aliphatic rings. The monoisotopic (exact) mass is 279 g/mol. The molecule has 3 atom stereocenters. The quantitative estimate of drug-likeness (QED) is 0.901. The SMILES string of the molecule is CNC1CCCc2sc(N3CC(C)CC(C)C3)nc21. The Kier molecular flexibility index (Phi) is 3.81. The Balaban J connectivity index is 1.84. The maximum atomic E-state index is 4.98. The van der Waals surface area contributed by atoms with Gasteiger partial charge < -0.3 is 10.2 Å². The third kappa shape index (κ3) is 2.65. The maximum Gasteiger partial charge on any atom is 0.185 e. The molecule has 0 saturated carbocycles. The number of nitrogens with zero attached hydrogens (tertiary/aromatic N) is 2. The third-order valence-electron chi connectivity index (χ3n) is 4.43. The van der Waals surface area contributed by atoms with Gasteiger partial charge in [0.15, 0.2) is 5.13 Å². The predicted octanol–water partition coefficient (Wildman–Crippen LogP) is 3.22. The van der Waals surface area contributed by atoms with Crippen LogP contribution in [0.1, 0.15) is 49.7 Å². The number of fused-ring (bicyclic) bond motifs is 1. The molecule has 19 heavy (non-hydrogen) atoms. The van der Waals surface area contributed by atoms with Crippen LogP contribution in [-0.4, -0.2) is 25.1 Å². The summed E-state index contributed by atoms with van der Waals surface area (Å²) in [6, 6.07) is 0.480. The summed E-state index contributed by atoms with van der Waals surface area (Å²) in [5.41, 5.74) is 1.33. The highest BCUT2D eigenvalue weighted by Gasteiger charge is 2.28. The smallest absolute Gasteiger partial charge is 0.185 e. The second-order valence-corrected chi connectivity index (χ2v) is 7.45. The van der Waals surface area contributed by atoms with E-state index < -0.39 is 0 Å². The molecule has 1 aliphatic carbocycles. The minimum absolute atomic E-state index is 0.480. The van der Waals surface area contributed by atoms with Crippen molar-refractivity contribution in [3.05, 3.63) is 10.6 Å². The van der Waals surface area contributed by atoms with Gasteiger partial charge in [0.25, 0.3) is 0 Å². The number of hydrogen-bond donors (Lipinski definition) is 1. The Labute approximate surface area is 120 Å². The standard InChI is InChI=1S/C15H25N3S/c1-10-7-11(2)9-18(8-10)15-17-14-12(16-3)5-4-6-13(14)19-15/h10-12,16H,4-9H2,1-3H3. The summed E-state index contributed by atoms with van der Waals surface area (Å²) in [5.74, 6) is 1.59. The lowest BCUT2D eigenvalue weighted by molar-refractivity contribution is 0.356. The van der Waals surface area contributed by atoms with Crippen LogP contribution in [-0.2, 0) is 6.42 Å². The lowest BCUT2D eigenvalue weighted by Crippen LogP contribution is -2.38. The zero-order valence-corrected chi connectivity index (χ0v) is 13.1. The highest BCUT2D eigenvalue weighted by molar-refractivity contribution is 7.15. The first-order chi connectivity index (χ1) is 9.17. The summed E-state index contributed by atoms with van der Waals surface area (Å²) in [4.78, 5) is 9.02. The van der Waals surface area contributed by atoms with Gasteiger partial charge in [-0.15, -0.1) is 11.3 Å². The van der Waals surface area contributed by atoms with Crippen LogP contribution in [0.15, 0.2) is 0 Å². The van der Waals surface area contributed by atoms with E-state index in [9.17, 15) is 0 Å². The van der Waals surface area contributed by atoms with Crippen molar-refractivity contribution in [3.63, 3.8) is 0 Å². The summed E-state index contributed by atoms with van der Waals surface area (Å²) in [7, 11) is 2.06. The molecule has 3 rings (SSSR count). The van der Waals surface area contributed by atoms with Crippen molar-refractivity contribution in [2.45, 2.75) is 45.6 Å². The Hall–Kier alpha value is -0.610. The van der Waals surface area contributed by atoms with Gasteiger partial charge in [0, 0.05) is 18.0 Å². The summed E-state index contributed by atoms with van der Waals surface area (Å²) >= 11 is 1.94. The summed E-state index contributed by atoms with van der Waals surface area (Å²) in [6.07, 6.45) is 5.12. The molecular weight excluding hydrogens is 254 g/mol. The first-order valence-electron chi connectivity index (χ1n) is 7.59. The predicted molar refractivity (Wildman–Crippen MR) is 82.0 cm³/mol. The number of nitrogens with one attached hydrogen (secondary N) is 1. The number of aromatic nitrogens is 1. The zero-order chi connectivity index (χ0) is 13.4. The van der Waals surface area contributed by atoms with Gasteiger partial charge >= 0.3 is 0 Å². The number of rotatable bonds is 2. The van der Waals surface area contributed by atoms with Crippen LogP contribution < -0.4 is 10.2 Å². The van der Waals surface area contributed by atoms with Gasteiger partial charge in [-0.25, -0.2) is 4.98 Å². The molecule has 0 spiro atoms. The van der Waals surface area contributed by atoms with Crippen molar-refractivity contribution in [1.82, 2.24) is 10.3 Å². The molecule has 3 unspecified atom stereocenters. The fourth-order valence-electron chi connectivity index (χ4n) is 3.64. The second kappa shape index (κ2) is 5.41. The molecule has 1 saturated heterocycles. The molecule has 1 aromatic rings. The largest absolute Gasteiger partial charge is 0.348 e. The van der Waals surface area contributed by atoms with Crippen LogP contribution in [0.5, 0.6) is 0 Å². The molecule has 1 aliphatic heterocycles. The molecule has 0 radical (unpaired) electrons. The van der Waals surface area contributed by atoms with Gasteiger partial charge in [-0.05, 0) is 44.6 Å². The average molecular weight is 279 g/mol. The van der Waals surface area contributed by atoms with E-state index >= 15 is 0 Å². The number of hydrogen-bond acceptors (Lipinski definition) is 4. The normalized spacial score (nSPS) is 31.3. The minimum atomic E-state index is 0.480. The number of anilines is 1. The molecule has 0 aromatic carbocycles. The molecule has 106 valence electrons. The molecule has 0 bridgehead atoms. The first kappa shape index (κ1) is 13.4. The van der Waals surface area contributed by atoms with Gasteiger partial charge in [-0.2, -0.15) is 0 Å². The van der Waals surface area contributed by atoms with E-state index in [1.54, 1.807) is 0 Å². The van der Waals surface area contributed by atoms with Crippen molar-refractivity contribution in [1.29, 1.82) is 0 Å². The topological polar surface area (TPSA) is 28.2 Å². The number of piperidine rings is 1. The van der Waals surface area contributed by atoms with Crippen molar-refractivity contribution in [2.24, 2.45) is 11.8 Å². The van der Waals surface area contributed by atoms with E-state index in [2.05, 4.69) is 31.1 Å². The van der Waals surface area contributed by atoms with E-state index in [4.69, 9.17) is 4.98 Å². The van der Waals surface area contributed by atoms with E-state index in [1.807, 2.05) is 11.3 Å². The third-order valence-corrected chi connectivity index (χ3v) is 5.62. The second-order valence-electron chi connectivity index (χ2n) is 6.39. The van der Waals surface area contributed by atoms with Crippen LogP contribution >= 0.6 is 11.3 Å². The Morgan fingerprint density at radius 1 is 1.26 bits per heavy atom. The molecule has 1 fully saturated rings. The molecule has 1 aromatic heterocycles. The highest BCUT2D eigenvalue weighted by Crippen LogP contribution is 2.38. The number of aryl methyl sites for hydroxylation is 1. The fourth-order valence-corrected chi connectivity index (χ4v) is 4.82. The van der Waals surface area contributed by atoms with Crippen LogP contribution in [0.3, 0.4) is 0 Å². The molecule has 4 heteroatoms. The molecule has 3 nitrogen and oxygen atoms in total. The van der Waals surface area contributed by atoms with E-state index in [1.165, 1.54) is 54.5 Å². The molecule has 2 heterocycles. The Morgan fingerprint density at radius 2 is 2.00 bits per heavy atom. The Morgan fingerprint density at radius 3 is 2.68 bits per heavy atom. The summed E-state index contributed by atoms with van der Waals surface area (Å²) < 4.78 is 0. The fraction of sp³-hybridized carbons (Fsp3) is 0.800. The maximum absolute atomic E-state index is 4.98. The van der Waals surface area contributed by atoms with Gasteiger partial charge in [-0.1, -0.05) is 13.8 Å². The van der Waals surface area contributed by atoms with E-state index in [-0.39, 0.29) is 0 Å². The zero-order valence-electron chi connectivity index (χ0n) is 12.3. The first-order valence-corrected chi connectivity index (χ1v) is 8.40. The summed E-state index contributed by atoms with van der Waals surface area (Å²) in [6.45, 7) is 7.10. The molecular formula is C15H25N3S. The lowest BCUT2D eigenvalue weighted by atomic mass is 9.92. The van der Waals surface area contributed by atoms with Crippen molar-refractivity contribution >= 4 is 16.5 Å². The van der Waals surface area contributed by atoms with Gasteiger partial charge in [0.05, 0.1) is 11.7 Å². The van der Waals surface area contributed by atoms with Crippen molar-refractivity contribution < 1.29 is 0 Å². The van der Waals surface area contributed by atoms with Gasteiger partial charge in [0.2, 0.25) is 0 Å². The molecule has 1 N–H and O–H groups in total.